The molecule has 0 aliphatic carbocycles. The van der Waals surface area contributed by atoms with Gasteiger partial charge in [-0.1, -0.05) is 96.8 Å². The molecule has 0 fully saturated rings. The molecule has 0 rings (SSSR count). The van der Waals surface area contributed by atoms with Gasteiger partial charge in [-0.05, 0) is 19.3 Å². The Kier molecular flexibility index (Phi) is 23.0. The molecule has 6 heteroatoms. The van der Waals surface area contributed by atoms with Gasteiger partial charge in [-0.3, -0.25) is 0 Å². The molecule has 0 amide bonds. The second-order valence-corrected chi connectivity index (χ2v) is 8.99. The van der Waals surface area contributed by atoms with E-state index in [1.807, 2.05) is 0 Å². The van der Waals surface area contributed by atoms with Crippen LogP contribution >= 0.6 is 0 Å². The topological polar surface area (TPSA) is 77.4 Å². The van der Waals surface area contributed by atoms with Crippen LogP contribution in [-0.4, -0.2) is 29.9 Å². The first kappa shape index (κ1) is 29.1. The van der Waals surface area contributed by atoms with E-state index in [2.05, 4.69) is 0 Å². The van der Waals surface area contributed by atoms with Crippen LogP contribution < -0.4 is 29.6 Å². The molecule has 0 spiro atoms. The molecule has 0 aromatic carbocycles. The summed E-state index contributed by atoms with van der Waals surface area (Å²) in [6.45, 7) is 2.11. The zero-order valence-electron chi connectivity index (χ0n) is 17.4. The van der Waals surface area contributed by atoms with Crippen LogP contribution in [-0.2, 0) is 10.1 Å². The Bertz CT molecular complexity index is 374. The molecule has 26 heavy (non-hydrogen) atoms. The first-order chi connectivity index (χ1) is 12.0. The molecule has 1 unspecified atom stereocenters. The smallest absolute Gasteiger partial charge is 0.748 e. The van der Waals surface area contributed by atoms with E-state index in [-0.39, 0.29) is 29.6 Å². The van der Waals surface area contributed by atoms with E-state index in [1.54, 1.807) is 6.92 Å². The molecule has 0 aliphatic rings. The summed E-state index contributed by atoms with van der Waals surface area (Å²) in [7, 11) is -4.10. The zero-order valence-corrected chi connectivity index (χ0v) is 20.2. The van der Waals surface area contributed by atoms with Crippen molar-refractivity contribution in [3.05, 3.63) is 0 Å². The summed E-state index contributed by atoms with van der Waals surface area (Å²) in [5.74, 6) is 0. The van der Waals surface area contributed by atoms with E-state index >= 15 is 0 Å². The van der Waals surface area contributed by atoms with Crippen molar-refractivity contribution in [3.63, 3.8) is 0 Å². The summed E-state index contributed by atoms with van der Waals surface area (Å²) in [5, 5.41) is 8.02. The molecular formula is C20H41NaO4S. The number of aliphatic hydroxyl groups excluding tert-OH is 1. The molecular weight excluding hydrogens is 359 g/mol. The Balaban J connectivity index is 0. The summed E-state index contributed by atoms with van der Waals surface area (Å²) >= 11 is 0. The van der Waals surface area contributed by atoms with Gasteiger partial charge in [0.15, 0.2) is 0 Å². The van der Waals surface area contributed by atoms with Crippen molar-refractivity contribution in [3.8, 4) is 0 Å². The van der Waals surface area contributed by atoms with Gasteiger partial charge < -0.3 is 9.66 Å². The predicted molar refractivity (Wildman–Crippen MR) is 105 cm³/mol. The Hall–Kier alpha value is 0.870. The van der Waals surface area contributed by atoms with E-state index in [1.165, 1.54) is 70.6 Å². The number of hydrogen-bond donors (Lipinski definition) is 1. The normalized spacial score (nSPS) is 12.7. The standard InChI is InChI=1S/C20H42O4S.Na/c1-2-20(25(22,23)24)18-16-14-12-10-8-6-4-3-5-7-9-11-13-15-17-19-21;/h20-21H,2-19H2,1H3,(H,22,23,24);/q;+1/p-1. The van der Waals surface area contributed by atoms with Gasteiger partial charge >= 0.3 is 29.6 Å². The third-order valence-corrected chi connectivity index (χ3v) is 6.43. The molecule has 4 nitrogen and oxygen atoms in total. The summed E-state index contributed by atoms with van der Waals surface area (Å²) in [6, 6.07) is 0. The maximum Gasteiger partial charge on any atom is 1.00 e. The fourth-order valence-electron chi connectivity index (χ4n) is 3.33. The third kappa shape index (κ3) is 19.6. The maximum absolute atomic E-state index is 11.0. The second-order valence-electron chi connectivity index (χ2n) is 7.34. The van der Waals surface area contributed by atoms with Crippen molar-refractivity contribution in [2.24, 2.45) is 0 Å². The minimum atomic E-state index is -4.10. The molecule has 0 heterocycles. The van der Waals surface area contributed by atoms with Crippen molar-refractivity contribution in [2.45, 2.75) is 121 Å². The zero-order chi connectivity index (χ0) is 18.8. The molecule has 0 bridgehead atoms. The van der Waals surface area contributed by atoms with Gasteiger partial charge in [0, 0.05) is 11.9 Å². The monoisotopic (exact) mass is 400 g/mol. The predicted octanol–water partition coefficient (Wildman–Crippen LogP) is 2.55. The van der Waals surface area contributed by atoms with Gasteiger partial charge in [-0.25, -0.2) is 8.42 Å². The van der Waals surface area contributed by atoms with Crippen molar-refractivity contribution in [2.75, 3.05) is 6.61 Å². The molecule has 0 aromatic rings. The van der Waals surface area contributed by atoms with Crippen LogP contribution in [0.4, 0.5) is 0 Å². The van der Waals surface area contributed by atoms with Crippen molar-refractivity contribution in [1.82, 2.24) is 0 Å². The fraction of sp³-hybridized carbons (Fsp3) is 1.00. The van der Waals surface area contributed by atoms with E-state index in [4.69, 9.17) is 5.11 Å². The van der Waals surface area contributed by atoms with E-state index in [0.29, 0.717) is 19.4 Å². The van der Waals surface area contributed by atoms with E-state index < -0.39 is 15.4 Å². The summed E-state index contributed by atoms with van der Waals surface area (Å²) in [6.07, 6.45) is 19.2. The average Bonchev–Trinajstić information content (AvgIpc) is 2.56. The quantitative estimate of drug-likeness (QED) is 0.205. The molecule has 0 saturated heterocycles. The van der Waals surface area contributed by atoms with Crippen LogP contribution in [0.25, 0.3) is 0 Å². The Morgan fingerprint density at radius 3 is 1.27 bits per heavy atom. The van der Waals surface area contributed by atoms with Crippen LogP contribution in [0, 0.1) is 0 Å². The number of aliphatic hydroxyl groups is 1. The molecule has 0 aromatic heterocycles. The molecule has 1 atom stereocenters. The second kappa shape index (κ2) is 20.6. The molecule has 0 saturated carbocycles. The summed E-state index contributed by atoms with van der Waals surface area (Å²) in [5.41, 5.74) is 0. The van der Waals surface area contributed by atoms with Gasteiger partial charge in [-0.2, -0.15) is 0 Å². The minimum absolute atomic E-state index is 0. The van der Waals surface area contributed by atoms with Gasteiger partial charge in [-0.15, -0.1) is 0 Å². The van der Waals surface area contributed by atoms with E-state index in [0.717, 1.165) is 25.7 Å². The van der Waals surface area contributed by atoms with Crippen molar-refractivity contribution >= 4 is 10.1 Å². The van der Waals surface area contributed by atoms with Crippen LogP contribution in [0.1, 0.15) is 116 Å². The van der Waals surface area contributed by atoms with Crippen LogP contribution in [0.15, 0.2) is 0 Å². The van der Waals surface area contributed by atoms with Crippen LogP contribution in [0.3, 0.4) is 0 Å². The third-order valence-electron chi connectivity index (χ3n) is 5.05. The Labute approximate surface area is 185 Å². The fourth-order valence-corrected chi connectivity index (χ4v) is 4.20. The summed E-state index contributed by atoms with van der Waals surface area (Å²) in [4.78, 5) is 0. The average molecular weight is 401 g/mol. The molecule has 152 valence electrons. The van der Waals surface area contributed by atoms with Gasteiger partial charge in [0.25, 0.3) is 0 Å². The molecule has 0 radical (unpaired) electrons. The molecule has 0 aliphatic heterocycles. The van der Waals surface area contributed by atoms with E-state index in [9.17, 15) is 13.0 Å². The van der Waals surface area contributed by atoms with Gasteiger partial charge in [0.05, 0.1) is 10.1 Å². The Morgan fingerprint density at radius 2 is 1.00 bits per heavy atom. The Morgan fingerprint density at radius 1 is 0.692 bits per heavy atom. The van der Waals surface area contributed by atoms with Crippen molar-refractivity contribution < 1.29 is 47.6 Å². The number of hydrogen-bond acceptors (Lipinski definition) is 4. The van der Waals surface area contributed by atoms with Crippen LogP contribution in [0.5, 0.6) is 0 Å². The molecule has 1 N–H and O–H groups in total. The minimum Gasteiger partial charge on any atom is -0.748 e. The van der Waals surface area contributed by atoms with Crippen molar-refractivity contribution in [1.29, 1.82) is 0 Å². The SMILES string of the molecule is CCC(CCCCCCCCCCCCCCCCCO)S(=O)(=O)[O-].[Na+]. The largest absolute Gasteiger partial charge is 1.00 e. The number of rotatable bonds is 19. The maximum atomic E-state index is 11.0. The van der Waals surface area contributed by atoms with Gasteiger partial charge in [0.1, 0.15) is 0 Å². The number of unbranched alkanes of at least 4 members (excludes halogenated alkanes) is 14. The summed E-state index contributed by atoms with van der Waals surface area (Å²) < 4.78 is 33.0. The first-order valence-corrected chi connectivity index (χ1v) is 12.0. The van der Waals surface area contributed by atoms with Gasteiger partial charge in [0.2, 0.25) is 0 Å². The van der Waals surface area contributed by atoms with Crippen LogP contribution in [0.2, 0.25) is 0 Å². The first-order valence-electron chi connectivity index (χ1n) is 10.6.